The first kappa shape index (κ1) is 68.8. The van der Waals surface area contributed by atoms with Crippen molar-refractivity contribution in [3.63, 3.8) is 0 Å². The van der Waals surface area contributed by atoms with Crippen molar-refractivity contribution in [3.8, 4) is 0 Å². The maximum Gasteiger partial charge on any atom is 0.306 e. The summed E-state index contributed by atoms with van der Waals surface area (Å²) in [4.78, 5) is 38.3. The molecular formula is C66H116O6. The van der Waals surface area contributed by atoms with Crippen LogP contribution in [0.25, 0.3) is 0 Å². The Labute approximate surface area is 446 Å². The molecule has 0 bridgehead atoms. The second-order valence-corrected chi connectivity index (χ2v) is 20.6. The normalized spacial score (nSPS) is 12.5. The number of hydrogen-bond donors (Lipinski definition) is 0. The molecule has 6 nitrogen and oxygen atoms in total. The zero-order valence-corrected chi connectivity index (χ0v) is 47.7. The fourth-order valence-corrected chi connectivity index (χ4v) is 8.82. The molecule has 0 aliphatic heterocycles. The first-order valence-corrected chi connectivity index (χ1v) is 30.9. The van der Waals surface area contributed by atoms with Gasteiger partial charge in [-0.25, -0.2) is 0 Å². The lowest BCUT2D eigenvalue weighted by atomic mass is 10.0. The summed E-state index contributed by atoms with van der Waals surface area (Å²) in [6.07, 6.45) is 77.5. The Bertz CT molecular complexity index is 1340. The first-order valence-electron chi connectivity index (χ1n) is 30.9. The Kier molecular flexibility index (Phi) is 57.8. The van der Waals surface area contributed by atoms with Crippen LogP contribution in [0.15, 0.2) is 72.9 Å². The highest BCUT2D eigenvalue weighted by atomic mass is 16.6. The average molecular weight is 1010 g/mol. The van der Waals surface area contributed by atoms with Gasteiger partial charge >= 0.3 is 17.9 Å². The highest BCUT2D eigenvalue weighted by Gasteiger charge is 2.19. The van der Waals surface area contributed by atoms with E-state index >= 15 is 0 Å². The number of rotatable bonds is 56. The molecule has 0 aromatic heterocycles. The van der Waals surface area contributed by atoms with Gasteiger partial charge in [0, 0.05) is 19.3 Å². The summed E-state index contributed by atoms with van der Waals surface area (Å²) in [6.45, 7) is 6.53. The van der Waals surface area contributed by atoms with Gasteiger partial charge in [0.2, 0.25) is 0 Å². The van der Waals surface area contributed by atoms with Crippen molar-refractivity contribution in [2.45, 2.75) is 316 Å². The maximum absolute atomic E-state index is 12.9. The first-order chi connectivity index (χ1) is 35.5. The predicted octanol–water partition coefficient (Wildman–Crippen LogP) is 20.9. The Morgan fingerprint density at radius 1 is 0.292 bits per heavy atom. The summed E-state index contributed by atoms with van der Waals surface area (Å²) in [5.41, 5.74) is 0. The van der Waals surface area contributed by atoms with Crippen LogP contribution < -0.4 is 0 Å². The molecule has 0 amide bonds. The fraction of sp³-hybridized carbons (Fsp3) is 0.773. The molecular weight excluding hydrogens is 889 g/mol. The zero-order chi connectivity index (χ0) is 52.2. The van der Waals surface area contributed by atoms with Gasteiger partial charge in [-0.05, 0) is 89.9 Å². The van der Waals surface area contributed by atoms with Crippen LogP contribution in [0.3, 0.4) is 0 Å². The molecule has 0 aliphatic carbocycles. The van der Waals surface area contributed by atoms with E-state index in [0.717, 1.165) is 96.3 Å². The standard InChI is InChI=1S/C66H116O6/c1-4-7-10-13-16-19-22-25-28-30-32-33-35-36-38-41-44-47-50-53-56-59-65(68)71-62-63(61-70-64(67)58-55-52-49-46-43-40-27-24-21-18-15-12-9-6-3)72-66(69)60-57-54-51-48-45-42-39-37-34-31-29-26-23-20-17-14-11-8-5-2/h7,10,16-17,19-20,25-26,28-29,32-33,63H,4-6,8-9,11-15,18,21-24,27,30-31,34-62H2,1-3H3/b10-7-,19-16-,20-17-,28-25-,29-26-,33-32-. The quantitative estimate of drug-likeness (QED) is 0.0261. The van der Waals surface area contributed by atoms with Crippen molar-refractivity contribution < 1.29 is 28.6 Å². The number of carbonyl (C=O) groups is 3. The molecule has 0 aromatic rings. The second-order valence-electron chi connectivity index (χ2n) is 20.6. The molecule has 0 heterocycles. The van der Waals surface area contributed by atoms with Crippen LogP contribution in [0.5, 0.6) is 0 Å². The SMILES string of the molecule is CC/C=C\C/C=C\C/C=C\C/C=C\CCCCCCCCCCC(=O)OCC(COC(=O)CCCCCCCCCCCCCCCC)OC(=O)CCCCCCCCCCC/C=C\C/C=C\CCCCC. The van der Waals surface area contributed by atoms with Crippen LogP contribution in [-0.2, 0) is 28.6 Å². The van der Waals surface area contributed by atoms with Gasteiger partial charge in [-0.1, -0.05) is 273 Å². The summed E-state index contributed by atoms with van der Waals surface area (Å²) in [5, 5.41) is 0. The number of hydrogen-bond acceptors (Lipinski definition) is 6. The van der Waals surface area contributed by atoms with Crippen molar-refractivity contribution in [2.24, 2.45) is 0 Å². The van der Waals surface area contributed by atoms with Crippen molar-refractivity contribution in [1.82, 2.24) is 0 Å². The molecule has 72 heavy (non-hydrogen) atoms. The van der Waals surface area contributed by atoms with E-state index in [-0.39, 0.29) is 31.1 Å². The van der Waals surface area contributed by atoms with Gasteiger partial charge in [-0.15, -0.1) is 0 Å². The van der Waals surface area contributed by atoms with E-state index in [2.05, 4.69) is 93.7 Å². The Balaban J connectivity index is 4.36. The summed E-state index contributed by atoms with van der Waals surface area (Å²) < 4.78 is 16.9. The summed E-state index contributed by atoms with van der Waals surface area (Å²) in [6, 6.07) is 0. The Morgan fingerprint density at radius 3 is 0.875 bits per heavy atom. The van der Waals surface area contributed by atoms with Gasteiger partial charge in [0.25, 0.3) is 0 Å². The average Bonchev–Trinajstić information content (AvgIpc) is 3.38. The van der Waals surface area contributed by atoms with E-state index in [4.69, 9.17) is 14.2 Å². The molecule has 0 aromatic carbocycles. The Morgan fingerprint density at radius 2 is 0.542 bits per heavy atom. The maximum atomic E-state index is 12.9. The molecule has 0 rings (SSSR count). The highest BCUT2D eigenvalue weighted by Crippen LogP contribution is 2.16. The van der Waals surface area contributed by atoms with Crippen molar-refractivity contribution in [3.05, 3.63) is 72.9 Å². The largest absolute Gasteiger partial charge is 0.462 e. The van der Waals surface area contributed by atoms with Crippen molar-refractivity contribution in [2.75, 3.05) is 13.2 Å². The van der Waals surface area contributed by atoms with Gasteiger partial charge in [-0.3, -0.25) is 14.4 Å². The van der Waals surface area contributed by atoms with E-state index in [1.165, 1.54) is 173 Å². The third-order valence-corrected chi connectivity index (χ3v) is 13.4. The zero-order valence-electron chi connectivity index (χ0n) is 47.7. The van der Waals surface area contributed by atoms with E-state index in [0.29, 0.717) is 19.3 Å². The minimum Gasteiger partial charge on any atom is -0.462 e. The van der Waals surface area contributed by atoms with Crippen LogP contribution in [0.2, 0.25) is 0 Å². The van der Waals surface area contributed by atoms with Crippen LogP contribution in [0.4, 0.5) is 0 Å². The molecule has 0 aliphatic rings. The second kappa shape index (κ2) is 60.4. The molecule has 416 valence electrons. The summed E-state index contributed by atoms with van der Waals surface area (Å²) in [5.74, 6) is -0.875. The smallest absolute Gasteiger partial charge is 0.306 e. The lowest BCUT2D eigenvalue weighted by molar-refractivity contribution is -0.167. The van der Waals surface area contributed by atoms with E-state index in [1.807, 2.05) is 0 Å². The van der Waals surface area contributed by atoms with Crippen LogP contribution in [-0.4, -0.2) is 37.2 Å². The minimum absolute atomic E-state index is 0.0767. The Hall–Kier alpha value is -3.15. The van der Waals surface area contributed by atoms with Gasteiger partial charge in [0.1, 0.15) is 13.2 Å². The van der Waals surface area contributed by atoms with Crippen molar-refractivity contribution in [1.29, 1.82) is 0 Å². The molecule has 1 atom stereocenters. The van der Waals surface area contributed by atoms with Gasteiger partial charge in [-0.2, -0.15) is 0 Å². The molecule has 0 N–H and O–H groups in total. The minimum atomic E-state index is -0.780. The molecule has 0 spiro atoms. The fourth-order valence-electron chi connectivity index (χ4n) is 8.82. The number of unbranched alkanes of at least 4 members (excludes halogenated alkanes) is 33. The van der Waals surface area contributed by atoms with Crippen LogP contribution in [0.1, 0.15) is 310 Å². The molecule has 1 unspecified atom stereocenters. The van der Waals surface area contributed by atoms with Crippen LogP contribution >= 0.6 is 0 Å². The lowest BCUT2D eigenvalue weighted by Gasteiger charge is -2.18. The highest BCUT2D eigenvalue weighted by molar-refractivity contribution is 5.71. The van der Waals surface area contributed by atoms with Gasteiger partial charge < -0.3 is 14.2 Å². The summed E-state index contributed by atoms with van der Waals surface area (Å²) in [7, 11) is 0. The van der Waals surface area contributed by atoms with E-state index in [1.54, 1.807) is 0 Å². The molecule has 6 heteroatoms. The summed E-state index contributed by atoms with van der Waals surface area (Å²) >= 11 is 0. The molecule has 0 fully saturated rings. The monoisotopic (exact) mass is 1000 g/mol. The third kappa shape index (κ3) is 57.7. The third-order valence-electron chi connectivity index (χ3n) is 13.4. The number of carbonyl (C=O) groups excluding carboxylic acids is 3. The van der Waals surface area contributed by atoms with E-state index < -0.39 is 6.10 Å². The van der Waals surface area contributed by atoms with Gasteiger partial charge in [0.15, 0.2) is 6.10 Å². The number of esters is 3. The molecule has 0 saturated heterocycles. The van der Waals surface area contributed by atoms with E-state index in [9.17, 15) is 14.4 Å². The van der Waals surface area contributed by atoms with Gasteiger partial charge in [0.05, 0.1) is 0 Å². The van der Waals surface area contributed by atoms with Crippen LogP contribution in [0, 0.1) is 0 Å². The predicted molar refractivity (Wildman–Crippen MR) is 311 cm³/mol. The number of allylic oxidation sites excluding steroid dienone is 12. The number of ether oxygens (including phenoxy) is 3. The topological polar surface area (TPSA) is 78.9 Å². The molecule has 0 radical (unpaired) electrons. The lowest BCUT2D eigenvalue weighted by Crippen LogP contribution is -2.30. The molecule has 0 saturated carbocycles. The van der Waals surface area contributed by atoms with Crippen molar-refractivity contribution >= 4 is 17.9 Å².